The maximum atomic E-state index is 15.2. The highest BCUT2D eigenvalue weighted by Gasteiger charge is 2.33. The molecule has 0 unspecified atom stereocenters. The molecule has 2 aliphatic carbocycles. The zero-order valence-corrected chi connectivity index (χ0v) is 19.8. The van der Waals surface area contributed by atoms with Crippen LogP contribution in [0.2, 0.25) is 5.02 Å². The molecule has 1 aromatic heterocycles. The van der Waals surface area contributed by atoms with E-state index < -0.39 is 12.4 Å². The maximum Gasteiger partial charge on any atom is 0.169 e. The van der Waals surface area contributed by atoms with Crippen molar-refractivity contribution in [2.24, 2.45) is 11.8 Å². The molecule has 0 saturated heterocycles. The van der Waals surface area contributed by atoms with Gasteiger partial charge in [-0.2, -0.15) is 0 Å². The van der Waals surface area contributed by atoms with Crippen molar-refractivity contribution < 1.29 is 19.4 Å². The molecule has 0 atom stereocenters. The Balaban J connectivity index is 1.66. The largest absolute Gasteiger partial charge is 0.506 e. The van der Waals surface area contributed by atoms with Gasteiger partial charge < -0.3 is 15.5 Å². The van der Waals surface area contributed by atoms with Crippen molar-refractivity contribution in [3.8, 4) is 16.9 Å². The third-order valence-corrected chi connectivity index (χ3v) is 7.45. The summed E-state index contributed by atoms with van der Waals surface area (Å²) in [7, 11) is 0. The van der Waals surface area contributed by atoms with Crippen molar-refractivity contribution in [2.45, 2.75) is 58.1 Å². The number of fused-ring (bicyclic) bond motifs is 1. The Kier molecular flexibility index (Phi) is 6.21. The molecule has 3 N–H and O–H groups in total. The molecular formula is C27H28ClFN2O3. The van der Waals surface area contributed by atoms with Gasteiger partial charge in [0.15, 0.2) is 5.78 Å². The number of carbonyl (C=O) groups excluding carboxylic acids is 1. The lowest BCUT2D eigenvalue weighted by molar-refractivity contribution is 0.0968. The molecule has 0 radical (unpaired) electrons. The normalized spacial score (nSPS) is 20.5. The highest BCUT2D eigenvalue weighted by molar-refractivity contribution is 6.32. The number of aliphatic hydroxyl groups excluding tert-OH is 1. The van der Waals surface area contributed by atoms with Crippen LogP contribution < -0.4 is 5.32 Å². The third-order valence-electron chi connectivity index (χ3n) is 7.16. The van der Waals surface area contributed by atoms with E-state index in [1.165, 1.54) is 18.2 Å². The van der Waals surface area contributed by atoms with E-state index in [2.05, 4.69) is 17.2 Å². The number of benzene rings is 2. The van der Waals surface area contributed by atoms with E-state index in [1.807, 2.05) is 0 Å². The SMILES string of the molecule is C[C@H]1CC[C@H](Nc2c(C(=O)C3CC3)cnc3cc(F)c(-c4cc(Cl)c(O)c(CO)c4)cc23)CC1. The summed E-state index contributed by atoms with van der Waals surface area (Å²) >= 11 is 6.15. The molecule has 0 spiro atoms. The van der Waals surface area contributed by atoms with Crippen LogP contribution in [0.4, 0.5) is 10.1 Å². The molecule has 2 saturated carbocycles. The molecule has 3 aromatic rings. The highest BCUT2D eigenvalue weighted by Crippen LogP contribution is 2.40. The molecule has 0 bridgehead atoms. The minimum atomic E-state index is -0.496. The summed E-state index contributed by atoms with van der Waals surface area (Å²) in [5.41, 5.74) is 2.66. The fraction of sp³-hybridized carbons (Fsp3) is 0.407. The van der Waals surface area contributed by atoms with Gasteiger partial charge in [0, 0.05) is 40.7 Å². The summed E-state index contributed by atoms with van der Waals surface area (Å²) in [5.74, 6) is 0.100. The Hall–Kier alpha value is -2.70. The van der Waals surface area contributed by atoms with Crippen LogP contribution >= 0.6 is 11.6 Å². The predicted molar refractivity (Wildman–Crippen MR) is 132 cm³/mol. The van der Waals surface area contributed by atoms with Crippen molar-refractivity contribution in [1.82, 2.24) is 4.98 Å². The quantitative estimate of drug-likeness (QED) is 0.350. The number of aliphatic hydroxyl groups is 1. The molecule has 34 heavy (non-hydrogen) atoms. The predicted octanol–water partition coefficient (Wildman–Crippen LogP) is 6.48. The monoisotopic (exact) mass is 482 g/mol. The molecule has 2 fully saturated rings. The summed E-state index contributed by atoms with van der Waals surface area (Å²) in [4.78, 5) is 17.6. The van der Waals surface area contributed by atoms with Gasteiger partial charge in [-0.15, -0.1) is 0 Å². The second kappa shape index (κ2) is 9.16. The average molecular weight is 483 g/mol. The second-order valence-corrected chi connectivity index (χ2v) is 10.2. The molecule has 178 valence electrons. The molecule has 5 rings (SSSR count). The van der Waals surface area contributed by atoms with Gasteiger partial charge in [0.2, 0.25) is 0 Å². The van der Waals surface area contributed by atoms with E-state index in [-0.39, 0.29) is 39.6 Å². The topological polar surface area (TPSA) is 82.5 Å². The molecule has 1 heterocycles. The number of carbonyl (C=O) groups is 1. The fourth-order valence-corrected chi connectivity index (χ4v) is 5.12. The van der Waals surface area contributed by atoms with E-state index in [1.54, 1.807) is 12.3 Å². The van der Waals surface area contributed by atoms with Gasteiger partial charge in [0.1, 0.15) is 11.6 Å². The number of rotatable bonds is 6. The number of hydrogen-bond donors (Lipinski definition) is 3. The lowest BCUT2D eigenvalue weighted by Gasteiger charge is -2.29. The molecule has 2 aromatic carbocycles. The van der Waals surface area contributed by atoms with E-state index in [4.69, 9.17) is 11.6 Å². The van der Waals surface area contributed by atoms with Crippen molar-refractivity contribution in [3.05, 3.63) is 52.4 Å². The number of hydrogen-bond acceptors (Lipinski definition) is 5. The number of halogens is 2. The minimum Gasteiger partial charge on any atom is -0.506 e. The third kappa shape index (κ3) is 4.37. The number of nitrogens with one attached hydrogen (secondary N) is 1. The van der Waals surface area contributed by atoms with Gasteiger partial charge >= 0.3 is 0 Å². The van der Waals surface area contributed by atoms with Gasteiger partial charge in [0.25, 0.3) is 0 Å². The Morgan fingerprint density at radius 3 is 2.56 bits per heavy atom. The van der Waals surface area contributed by atoms with Crippen LogP contribution in [0.5, 0.6) is 5.75 Å². The number of pyridine rings is 1. The number of aromatic nitrogens is 1. The van der Waals surface area contributed by atoms with Crippen LogP contribution in [-0.2, 0) is 6.61 Å². The first kappa shape index (κ1) is 23.1. The maximum absolute atomic E-state index is 15.2. The zero-order chi connectivity index (χ0) is 24.0. The first-order chi connectivity index (χ1) is 16.4. The van der Waals surface area contributed by atoms with Gasteiger partial charge in [-0.05, 0) is 68.2 Å². The zero-order valence-electron chi connectivity index (χ0n) is 19.1. The standard InChI is InChI=1S/C27H28ClFN2O3/c1-14-2-6-18(7-3-14)31-25-20-10-19(16-8-17(13-32)27(34)22(28)9-16)23(29)11-24(20)30-12-21(25)26(33)15-4-5-15/h8-12,14-15,18,32,34H,2-7,13H2,1H3,(H,30,31)/t14-,18-. The Labute approximate surface area is 203 Å². The van der Waals surface area contributed by atoms with Gasteiger partial charge in [-0.3, -0.25) is 9.78 Å². The Morgan fingerprint density at radius 1 is 1.15 bits per heavy atom. The van der Waals surface area contributed by atoms with Crippen molar-refractivity contribution in [1.29, 1.82) is 0 Å². The summed E-state index contributed by atoms with van der Waals surface area (Å²) in [5, 5.41) is 24.0. The highest BCUT2D eigenvalue weighted by atomic mass is 35.5. The van der Waals surface area contributed by atoms with Crippen LogP contribution in [0.3, 0.4) is 0 Å². The van der Waals surface area contributed by atoms with Crippen molar-refractivity contribution >= 4 is 34.0 Å². The number of phenols is 1. The molecular weight excluding hydrogens is 455 g/mol. The molecule has 5 nitrogen and oxygen atoms in total. The summed E-state index contributed by atoms with van der Waals surface area (Å²) in [6.07, 6.45) is 7.65. The minimum absolute atomic E-state index is 0.0338. The van der Waals surface area contributed by atoms with Crippen molar-refractivity contribution in [3.63, 3.8) is 0 Å². The fourth-order valence-electron chi connectivity index (χ4n) is 4.88. The first-order valence-corrected chi connectivity index (χ1v) is 12.3. The van der Waals surface area contributed by atoms with Crippen molar-refractivity contribution in [2.75, 3.05) is 5.32 Å². The van der Waals surface area contributed by atoms with Gasteiger partial charge in [-0.1, -0.05) is 18.5 Å². The number of aromatic hydroxyl groups is 1. The average Bonchev–Trinajstić information content (AvgIpc) is 3.67. The number of Topliss-reactive ketones (excluding diaryl/α,β-unsaturated/α-hetero) is 1. The Morgan fingerprint density at radius 2 is 1.88 bits per heavy atom. The van der Waals surface area contributed by atoms with Crippen LogP contribution in [0, 0.1) is 17.7 Å². The van der Waals surface area contributed by atoms with Crippen LogP contribution in [0.15, 0.2) is 30.5 Å². The summed E-state index contributed by atoms with van der Waals surface area (Å²) in [6, 6.07) is 6.30. The van der Waals surface area contributed by atoms with E-state index in [0.29, 0.717) is 27.9 Å². The molecule has 0 amide bonds. The number of ketones is 1. The van der Waals surface area contributed by atoms with Crippen LogP contribution in [0.25, 0.3) is 22.0 Å². The smallest absolute Gasteiger partial charge is 0.169 e. The second-order valence-electron chi connectivity index (χ2n) is 9.76. The van der Waals surface area contributed by atoms with E-state index in [0.717, 1.165) is 44.2 Å². The lowest BCUT2D eigenvalue weighted by atomic mass is 9.87. The number of anilines is 1. The van der Waals surface area contributed by atoms with Gasteiger partial charge in [0.05, 0.1) is 28.4 Å². The summed E-state index contributed by atoms with van der Waals surface area (Å²) < 4.78 is 15.2. The van der Waals surface area contributed by atoms with Crippen LogP contribution in [-0.4, -0.2) is 27.0 Å². The molecule has 2 aliphatic rings. The Bertz CT molecular complexity index is 1270. The lowest BCUT2D eigenvalue weighted by Crippen LogP contribution is -2.26. The molecule has 0 aliphatic heterocycles. The number of nitrogens with zero attached hydrogens (tertiary/aromatic N) is 1. The van der Waals surface area contributed by atoms with Gasteiger partial charge in [-0.25, -0.2) is 4.39 Å². The summed E-state index contributed by atoms with van der Waals surface area (Å²) in [6.45, 7) is 1.83. The molecule has 7 heteroatoms. The van der Waals surface area contributed by atoms with E-state index in [9.17, 15) is 15.0 Å². The first-order valence-electron chi connectivity index (χ1n) is 11.9. The van der Waals surface area contributed by atoms with Crippen LogP contribution in [0.1, 0.15) is 61.4 Å². The van der Waals surface area contributed by atoms with E-state index >= 15 is 4.39 Å².